The molecule has 0 bridgehead atoms. The Morgan fingerprint density at radius 2 is 1.96 bits per heavy atom. The molecule has 0 saturated heterocycles. The second kappa shape index (κ2) is 6.89. The summed E-state index contributed by atoms with van der Waals surface area (Å²) in [7, 11) is 0. The third kappa shape index (κ3) is 3.74. The summed E-state index contributed by atoms with van der Waals surface area (Å²) in [5.41, 5.74) is 6.93. The molecule has 0 aliphatic carbocycles. The summed E-state index contributed by atoms with van der Waals surface area (Å²) in [6, 6.07) is 15.5. The molecule has 6 nitrogen and oxygen atoms in total. The molecule has 2 aromatic heterocycles. The van der Waals surface area contributed by atoms with E-state index in [1.54, 1.807) is 17.4 Å². The van der Waals surface area contributed by atoms with Crippen LogP contribution in [0.5, 0.6) is 0 Å². The van der Waals surface area contributed by atoms with Crippen LogP contribution < -0.4 is 11.1 Å². The number of nitrogens with one attached hydrogen (secondary N) is 1. The van der Waals surface area contributed by atoms with Crippen LogP contribution in [0.4, 0.5) is 17.6 Å². The number of rotatable bonds is 4. The van der Waals surface area contributed by atoms with Crippen molar-refractivity contribution >= 4 is 40.6 Å². The molecular weight excluding hydrogens is 320 g/mol. The number of para-hydroxylation sites is 1. The van der Waals surface area contributed by atoms with Gasteiger partial charge in [-0.05, 0) is 37.3 Å². The van der Waals surface area contributed by atoms with Gasteiger partial charge in [-0.25, -0.2) is 0 Å². The fraction of sp³-hybridized carbons (Fsp3) is 0.0588. The highest BCUT2D eigenvalue weighted by atomic mass is 32.1. The molecule has 1 aromatic carbocycles. The summed E-state index contributed by atoms with van der Waals surface area (Å²) in [6.45, 7) is 2.01. The normalized spacial score (nSPS) is 11.1. The average molecular weight is 334 g/mol. The Kier molecular flexibility index (Phi) is 4.50. The third-order valence-electron chi connectivity index (χ3n) is 3.09. The highest BCUT2D eigenvalue weighted by Crippen LogP contribution is 2.22. The van der Waals surface area contributed by atoms with Gasteiger partial charge in [0.05, 0.1) is 5.57 Å². The zero-order valence-electron chi connectivity index (χ0n) is 12.9. The third-order valence-corrected chi connectivity index (χ3v) is 4.04. The van der Waals surface area contributed by atoms with Crippen LogP contribution in [0.15, 0.2) is 42.5 Å². The van der Waals surface area contributed by atoms with Gasteiger partial charge in [-0.3, -0.25) is 0 Å². The van der Waals surface area contributed by atoms with Gasteiger partial charge >= 0.3 is 0 Å². The molecule has 0 unspecified atom stereocenters. The van der Waals surface area contributed by atoms with E-state index in [-0.39, 0.29) is 11.8 Å². The van der Waals surface area contributed by atoms with Gasteiger partial charge in [-0.1, -0.05) is 18.2 Å². The van der Waals surface area contributed by atoms with Crippen LogP contribution in [-0.2, 0) is 0 Å². The van der Waals surface area contributed by atoms with Crippen LogP contribution in [0.25, 0.3) is 11.6 Å². The van der Waals surface area contributed by atoms with Crippen LogP contribution in [0.2, 0.25) is 0 Å². The number of aromatic nitrogens is 3. The van der Waals surface area contributed by atoms with Crippen molar-refractivity contribution in [2.24, 2.45) is 0 Å². The molecule has 2 heterocycles. The number of hydrogen-bond donors (Lipinski definition) is 2. The molecule has 3 rings (SSSR count). The van der Waals surface area contributed by atoms with Gasteiger partial charge in [0, 0.05) is 15.4 Å². The number of aryl methyl sites for hydroxylation is 1. The number of hydrogen-bond acceptors (Lipinski definition) is 7. The molecule has 3 N–H and O–H groups in total. The Bertz CT molecular complexity index is 924. The number of nitrogen functional groups attached to an aromatic ring is 1. The average Bonchev–Trinajstić information content (AvgIpc) is 2.98. The topological polar surface area (TPSA) is 101 Å². The van der Waals surface area contributed by atoms with Crippen molar-refractivity contribution in [1.82, 2.24) is 15.0 Å². The van der Waals surface area contributed by atoms with Crippen molar-refractivity contribution < 1.29 is 0 Å². The smallest absolute Gasteiger partial charge is 0.232 e. The van der Waals surface area contributed by atoms with Crippen LogP contribution >= 0.6 is 11.3 Å². The molecule has 0 aliphatic rings. The van der Waals surface area contributed by atoms with E-state index in [1.165, 1.54) is 4.88 Å². The molecule has 0 aliphatic heterocycles. The van der Waals surface area contributed by atoms with Crippen molar-refractivity contribution in [1.29, 1.82) is 5.26 Å². The Balaban J connectivity index is 1.95. The first kappa shape index (κ1) is 15.6. The van der Waals surface area contributed by atoms with Crippen LogP contribution in [-0.4, -0.2) is 15.0 Å². The fourth-order valence-electron chi connectivity index (χ4n) is 2.04. The lowest BCUT2D eigenvalue weighted by molar-refractivity contribution is 1.04. The molecule has 0 saturated carbocycles. The first-order valence-corrected chi connectivity index (χ1v) is 7.98. The second-order valence-corrected chi connectivity index (χ2v) is 6.27. The van der Waals surface area contributed by atoms with Gasteiger partial charge < -0.3 is 11.1 Å². The maximum absolute atomic E-state index is 9.44. The lowest BCUT2D eigenvalue weighted by Crippen LogP contribution is -2.06. The van der Waals surface area contributed by atoms with Gasteiger partial charge in [0.15, 0.2) is 5.82 Å². The summed E-state index contributed by atoms with van der Waals surface area (Å²) < 4.78 is 0. The van der Waals surface area contributed by atoms with Crippen LogP contribution in [0.3, 0.4) is 0 Å². The molecule has 7 heteroatoms. The van der Waals surface area contributed by atoms with Gasteiger partial charge in [0.2, 0.25) is 11.9 Å². The quantitative estimate of drug-likeness (QED) is 0.707. The molecule has 0 fully saturated rings. The van der Waals surface area contributed by atoms with Gasteiger partial charge in [0.25, 0.3) is 0 Å². The van der Waals surface area contributed by atoms with E-state index >= 15 is 0 Å². The first-order chi connectivity index (χ1) is 11.6. The molecule has 0 amide bonds. The monoisotopic (exact) mass is 334 g/mol. The van der Waals surface area contributed by atoms with Crippen molar-refractivity contribution in [2.45, 2.75) is 6.92 Å². The minimum absolute atomic E-state index is 0.0574. The van der Waals surface area contributed by atoms with E-state index < -0.39 is 0 Å². The molecule has 3 aromatic rings. The van der Waals surface area contributed by atoms with E-state index in [4.69, 9.17) is 5.73 Å². The summed E-state index contributed by atoms with van der Waals surface area (Å²) in [5.74, 6) is 0.601. The van der Waals surface area contributed by atoms with E-state index in [0.29, 0.717) is 11.5 Å². The van der Waals surface area contributed by atoms with Crippen molar-refractivity contribution in [3.63, 3.8) is 0 Å². The Hall–Kier alpha value is -3.24. The molecule has 24 heavy (non-hydrogen) atoms. The van der Waals surface area contributed by atoms with Crippen molar-refractivity contribution in [3.05, 3.63) is 58.0 Å². The lowest BCUT2D eigenvalue weighted by Gasteiger charge is -2.06. The zero-order valence-corrected chi connectivity index (χ0v) is 13.7. The highest BCUT2D eigenvalue weighted by Gasteiger charge is 2.10. The molecule has 0 spiro atoms. The lowest BCUT2D eigenvalue weighted by atomic mass is 10.2. The van der Waals surface area contributed by atoms with E-state index in [9.17, 15) is 5.26 Å². The minimum atomic E-state index is 0.0574. The van der Waals surface area contributed by atoms with Crippen LogP contribution in [0.1, 0.15) is 15.6 Å². The number of thiophene rings is 1. The number of benzene rings is 1. The molecule has 0 radical (unpaired) electrons. The van der Waals surface area contributed by atoms with Crippen LogP contribution in [0, 0.1) is 18.3 Å². The van der Waals surface area contributed by atoms with Gasteiger partial charge in [-0.15, -0.1) is 11.3 Å². The van der Waals surface area contributed by atoms with Crippen molar-refractivity contribution in [2.75, 3.05) is 11.1 Å². The molecular formula is C17H14N6S. The van der Waals surface area contributed by atoms with Gasteiger partial charge in [-0.2, -0.15) is 20.2 Å². The van der Waals surface area contributed by atoms with Crippen molar-refractivity contribution in [3.8, 4) is 6.07 Å². The number of nitrogens with zero attached hydrogens (tertiary/aromatic N) is 4. The van der Waals surface area contributed by atoms with Gasteiger partial charge in [0.1, 0.15) is 6.07 Å². The standard InChI is InChI=1S/C17H14N6S/c1-11-7-8-14(24-11)9-12(10-18)15-21-16(19)23-17(22-15)20-13-5-3-2-4-6-13/h2-9H,1H3,(H3,19,20,21,22,23)/b12-9+. The molecule has 118 valence electrons. The Morgan fingerprint density at radius 1 is 1.17 bits per heavy atom. The van der Waals surface area contributed by atoms with E-state index in [2.05, 4.69) is 26.3 Å². The number of nitrogens with two attached hydrogens (primary N) is 1. The minimum Gasteiger partial charge on any atom is -0.368 e. The predicted molar refractivity (Wildman–Crippen MR) is 96.5 cm³/mol. The number of allylic oxidation sites excluding steroid dienone is 1. The Morgan fingerprint density at radius 3 is 2.62 bits per heavy atom. The fourth-order valence-corrected chi connectivity index (χ4v) is 2.86. The summed E-state index contributed by atoms with van der Waals surface area (Å²) >= 11 is 1.59. The maximum atomic E-state index is 9.44. The maximum Gasteiger partial charge on any atom is 0.232 e. The predicted octanol–water partition coefficient (Wildman–Crippen LogP) is 3.63. The zero-order chi connectivity index (χ0) is 16.9. The number of nitriles is 1. The number of anilines is 3. The first-order valence-electron chi connectivity index (χ1n) is 7.16. The summed E-state index contributed by atoms with van der Waals surface area (Å²) in [6.07, 6.45) is 1.75. The molecule has 0 atom stereocenters. The van der Waals surface area contributed by atoms with E-state index in [0.717, 1.165) is 10.6 Å². The van der Waals surface area contributed by atoms with E-state index in [1.807, 2.05) is 49.4 Å². The summed E-state index contributed by atoms with van der Waals surface area (Å²) in [5, 5.41) is 12.5. The SMILES string of the molecule is Cc1ccc(/C=C(\C#N)c2nc(N)nc(Nc3ccccc3)n2)s1. The largest absolute Gasteiger partial charge is 0.368 e. The highest BCUT2D eigenvalue weighted by molar-refractivity contribution is 7.12. The summed E-state index contributed by atoms with van der Waals surface area (Å²) in [4.78, 5) is 14.6. The Labute approximate surface area is 143 Å². The second-order valence-electron chi connectivity index (χ2n) is 4.95.